The van der Waals surface area contributed by atoms with E-state index in [-0.39, 0.29) is 23.8 Å². The van der Waals surface area contributed by atoms with Crippen molar-refractivity contribution in [2.45, 2.75) is 25.3 Å². The molecule has 2 aromatic carbocycles. The third kappa shape index (κ3) is 7.00. The summed E-state index contributed by atoms with van der Waals surface area (Å²) in [6.07, 6.45) is 2.55. The Morgan fingerprint density at radius 2 is 1.65 bits per heavy atom. The maximum Gasteiger partial charge on any atom is 0.351 e. The van der Waals surface area contributed by atoms with Crippen LogP contribution in [0.5, 0.6) is 0 Å². The average molecular weight is 466 g/mol. The van der Waals surface area contributed by atoms with Crippen molar-refractivity contribution in [3.63, 3.8) is 0 Å². The van der Waals surface area contributed by atoms with E-state index in [0.717, 1.165) is 11.1 Å². The molecule has 0 bridgehead atoms. The zero-order valence-electron chi connectivity index (χ0n) is 19.1. The predicted molar refractivity (Wildman–Crippen MR) is 128 cm³/mol. The quantitative estimate of drug-likeness (QED) is 0.455. The van der Waals surface area contributed by atoms with Crippen LogP contribution in [-0.4, -0.2) is 60.0 Å². The number of hydrogen-bond donors (Lipinski definition) is 3. The molecule has 1 aliphatic rings. The van der Waals surface area contributed by atoms with Crippen LogP contribution in [-0.2, 0) is 27.2 Å². The number of ether oxygens (including phenoxy) is 1. The highest BCUT2D eigenvalue weighted by molar-refractivity contribution is 5.94. The number of carbonyl (C=O) groups is 3. The first-order valence-corrected chi connectivity index (χ1v) is 11.3. The standard InChI is InChI=1S/C26H31N3O5/c27-22(16-19-7-9-20(10-8-19)25(31)29-12-14-34-15-13-29)24(30)21(17-23(28)26(32)33)11-6-18-4-2-1-3-5-18/h1-5,7-10,17,21-22H,6,11-16,27-28H2,(H,32,33)/b23-17+/t21-,22-/m0/s1. The van der Waals surface area contributed by atoms with Crippen molar-refractivity contribution >= 4 is 17.7 Å². The van der Waals surface area contributed by atoms with E-state index in [1.54, 1.807) is 29.2 Å². The summed E-state index contributed by atoms with van der Waals surface area (Å²) in [4.78, 5) is 38.7. The van der Waals surface area contributed by atoms with E-state index < -0.39 is 17.9 Å². The third-order valence-electron chi connectivity index (χ3n) is 5.90. The minimum atomic E-state index is -1.27. The number of carbonyl (C=O) groups excluding carboxylic acids is 2. The van der Waals surface area contributed by atoms with Gasteiger partial charge in [-0.2, -0.15) is 0 Å². The molecule has 3 rings (SSSR count). The molecule has 0 aromatic heterocycles. The number of ketones is 1. The summed E-state index contributed by atoms with van der Waals surface area (Å²) in [5, 5.41) is 9.16. The SMILES string of the molecule is N/C(=C/[C@H](CCc1ccccc1)C(=O)[C@@H](N)Cc1ccc(C(=O)N2CCOCC2)cc1)C(=O)O. The van der Waals surface area contributed by atoms with E-state index in [9.17, 15) is 14.4 Å². The normalized spacial score (nSPS) is 16.0. The summed E-state index contributed by atoms with van der Waals surface area (Å²) < 4.78 is 5.29. The van der Waals surface area contributed by atoms with Gasteiger partial charge in [0.05, 0.1) is 19.3 Å². The number of nitrogens with two attached hydrogens (primary N) is 2. The van der Waals surface area contributed by atoms with Gasteiger partial charge in [0.25, 0.3) is 5.91 Å². The second-order valence-corrected chi connectivity index (χ2v) is 8.37. The lowest BCUT2D eigenvalue weighted by Gasteiger charge is -2.27. The molecule has 5 N–H and O–H groups in total. The Morgan fingerprint density at radius 3 is 2.26 bits per heavy atom. The molecule has 180 valence electrons. The van der Waals surface area contributed by atoms with Gasteiger partial charge < -0.3 is 26.2 Å². The molecule has 1 aliphatic heterocycles. The molecule has 0 saturated carbocycles. The van der Waals surface area contributed by atoms with Crippen LogP contribution in [0.25, 0.3) is 0 Å². The first-order chi connectivity index (χ1) is 16.3. The van der Waals surface area contributed by atoms with Crippen LogP contribution >= 0.6 is 0 Å². The number of carboxylic acid groups (broad SMARTS) is 1. The number of rotatable bonds is 10. The van der Waals surface area contributed by atoms with E-state index in [0.29, 0.717) is 44.7 Å². The molecule has 0 radical (unpaired) electrons. The maximum absolute atomic E-state index is 13.1. The molecule has 0 spiro atoms. The number of allylic oxidation sites excluding steroid dienone is 1. The predicted octanol–water partition coefficient (Wildman–Crippen LogP) is 1.77. The molecule has 0 unspecified atom stereocenters. The molecule has 34 heavy (non-hydrogen) atoms. The van der Waals surface area contributed by atoms with Crippen molar-refractivity contribution in [1.29, 1.82) is 0 Å². The first kappa shape index (κ1) is 25.1. The largest absolute Gasteiger partial charge is 0.477 e. The smallest absolute Gasteiger partial charge is 0.351 e. The van der Waals surface area contributed by atoms with Crippen LogP contribution in [0.15, 0.2) is 66.4 Å². The van der Waals surface area contributed by atoms with Crippen molar-refractivity contribution in [3.05, 3.63) is 83.1 Å². The molecule has 8 heteroatoms. The van der Waals surface area contributed by atoms with Gasteiger partial charge in [-0.25, -0.2) is 4.79 Å². The fourth-order valence-electron chi connectivity index (χ4n) is 3.92. The van der Waals surface area contributed by atoms with Gasteiger partial charge in [0.1, 0.15) is 5.70 Å². The summed E-state index contributed by atoms with van der Waals surface area (Å²) in [6, 6.07) is 15.8. The number of carboxylic acids is 1. The van der Waals surface area contributed by atoms with Gasteiger partial charge in [0, 0.05) is 24.6 Å². The van der Waals surface area contributed by atoms with Gasteiger partial charge in [-0.15, -0.1) is 0 Å². The Morgan fingerprint density at radius 1 is 1.00 bits per heavy atom. The number of nitrogens with zero attached hydrogens (tertiary/aromatic N) is 1. The van der Waals surface area contributed by atoms with Crippen LogP contribution in [0.1, 0.15) is 27.9 Å². The van der Waals surface area contributed by atoms with E-state index in [1.165, 1.54) is 6.08 Å². The Labute approximate surface area is 199 Å². The van der Waals surface area contributed by atoms with Gasteiger partial charge >= 0.3 is 5.97 Å². The molecular formula is C26H31N3O5. The van der Waals surface area contributed by atoms with Crippen molar-refractivity contribution in [2.75, 3.05) is 26.3 Å². The number of benzene rings is 2. The Kier molecular flexibility index (Phi) is 8.95. The molecule has 8 nitrogen and oxygen atoms in total. The highest BCUT2D eigenvalue weighted by Crippen LogP contribution is 2.17. The summed E-state index contributed by atoms with van der Waals surface area (Å²) in [5.74, 6) is -2.31. The van der Waals surface area contributed by atoms with E-state index in [2.05, 4.69) is 0 Å². The molecule has 1 amide bonds. The Balaban J connectivity index is 1.65. The summed E-state index contributed by atoms with van der Waals surface area (Å²) in [6.45, 7) is 2.20. The topological polar surface area (TPSA) is 136 Å². The summed E-state index contributed by atoms with van der Waals surface area (Å²) >= 11 is 0. The monoisotopic (exact) mass is 465 g/mol. The third-order valence-corrected chi connectivity index (χ3v) is 5.90. The van der Waals surface area contributed by atoms with Crippen molar-refractivity contribution in [3.8, 4) is 0 Å². The van der Waals surface area contributed by atoms with Crippen molar-refractivity contribution < 1.29 is 24.2 Å². The molecule has 1 fully saturated rings. The molecule has 0 aliphatic carbocycles. The van der Waals surface area contributed by atoms with E-state index in [4.69, 9.17) is 21.3 Å². The first-order valence-electron chi connectivity index (χ1n) is 11.3. The van der Waals surface area contributed by atoms with Crippen LogP contribution in [0.2, 0.25) is 0 Å². The molecule has 2 aromatic rings. The number of hydrogen-bond acceptors (Lipinski definition) is 6. The second kappa shape index (κ2) is 12.1. The average Bonchev–Trinajstić information content (AvgIpc) is 2.87. The lowest BCUT2D eigenvalue weighted by Crippen LogP contribution is -2.40. The number of aryl methyl sites for hydroxylation is 1. The van der Waals surface area contributed by atoms with Gasteiger partial charge in [-0.1, -0.05) is 42.5 Å². The van der Waals surface area contributed by atoms with Gasteiger partial charge in [-0.3, -0.25) is 9.59 Å². The molecular weight excluding hydrogens is 434 g/mol. The highest BCUT2D eigenvalue weighted by Gasteiger charge is 2.25. The maximum atomic E-state index is 13.1. The summed E-state index contributed by atoms with van der Waals surface area (Å²) in [7, 11) is 0. The van der Waals surface area contributed by atoms with Crippen LogP contribution in [0.4, 0.5) is 0 Å². The minimum Gasteiger partial charge on any atom is -0.477 e. The number of Topliss-reactive ketones (excluding diaryl/α,β-unsaturated/α-hetero) is 1. The van der Waals surface area contributed by atoms with Crippen LogP contribution in [0, 0.1) is 5.92 Å². The van der Waals surface area contributed by atoms with Crippen molar-refractivity contribution in [1.82, 2.24) is 4.90 Å². The Bertz CT molecular complexity index is 1010. The number of aliphatic carboxylic acids is 1. The van der Waals surface area contributed by atoms with Gasteiger partial charge in [0.15, 0.2) is 5.78 Å². The molecule has 2 atom stereocenters. The van der Waals surface area contributed by atoms with E-state index in [1.807, 2.05) is 30.3 Å². The lowest BCUT2D eigenvalue weighted by molar-refractivity contribution is -0.132. The van der Waals surface area contributed by atoms with E-state index >= 15 is 0 Å². The number of amides is 1. The Hall–Kier alpha value is -3.49. The van der Waals surface area contributed by atoms with Gasteiger partial charge in [-0.05, 0) is 48.6 Å². The highest BCUT2D eigenvalue weighted by atomic mass is 16.5. The fraction of sp³-hybridized carbons (Fsp3) is 0.346. The number of morpholine rings is 1. The summed E-state index contributed by atoms with van der Waals surface area (Å²) in [5.41, 5.74) is 13.9. The minimum absolute atomic E-state index is 0.0505. The zero-order valence-corrected chi connectivity index (χ0v) is 19.1. The second-order valence-electron chi connectivity index (χ2n) is 8.37. The molecule has 1 heterocycles. The zero-order chi connectivity index (χ0) is 24.5. The van der Waals surface area contributed by atoms with Gasteiger partial charge in [0.2, 0.25) is 0 Å². The lowest BCUT2D eigenvalue weighted by atomic mass is 9.88. The van der Waals surface area contributed by atoms with Crippen LogP contribution in [0.3, 0.4) is 0 Å². The molecule has 1 saturated heterocycles. The van der Waals surface area contributed by atoms with Crippen LogP contribution < -0.4 is 11.5 Å². The fourth-order valence-corrected chi connectivity index (χ4v) is 3.92. The van der Waals surface area contributed by atoms with Crippen molar-refractivity contribution in [2.24, 2.45) is 17.4 Å².